The summed E-state index contributed by atoms with van der Waals surface area (Å²) in [5, 5.41) is 2.77. The molecule has 2 saturated heterocycles. The second kappa shape index (κ2) is 13.2. The summed E-state index contributed by atoms with van der Waals surface area (Å²) in [5.74, 6) is -0.852. The second-order valence-electron chi connectivity index (χ2n) is 11.7. The lowest BCUT2D eigenvalue weighted by Crippen LogP contribution is -2.57. The van der Waals surface area contributed by atoms with Gasteiger partial charge in [-0.2, -0.15) is 0 Å². The Morgan fingerprint density at radius 1 is 1.00 bits per heavy atom. The third-order valence-corrected chi connectivity index (χ3v) is 8.73. The summed E-state index contributed by atoms with van der Waals surface area (Å²) in [4.78, 5) is 43.4. The predicted octanol–water partition coefficient (Wildman–Crippen LogP) is 6.20. The van der Waals surface area contributed by atoms with Crippen LogP contribution in [0.3, 0.4) is 0 Å². The van der Waals surface area contributed by atoms with Gasteiger partial charge >= 0.3 is 6.09 Å². The summed E-state index contributed by atoms with van der Waals surface area (Å²) in [6.07, 6.45) is 4.10. The molecule has 42 heavy (non-hydrogen) atoms. The molecule has 0 unspecified atom stereocenters. The number of amides is 2. The van der Waals surface area contributed by atoms with E-state index in [-0.39, 0.29) is 28.8 Å². The van der Waals surface area contributed by atoms with Gasteiger partial charge in [0.1, 0.15) is 17.2 Å². The van der Waals surface area contributed by atoms with Gasteiger partial charge in [-0.05, 0) is 95.9 Å². The summed E-state index contributed by atoms with van der Waals surface area (Å²) in [5.41, 5.74) is 0.0706. The van der Waals surface area contributed by atoms with Crippen molar-refractivity contribution in [1.82, 2.24) is 15.1 Å². The predicted molar refractivity (Wildman–Crippen MR) is 160 cm³/mol. The molecule has 0 aromatic heterocycles. The van der Waals surface area contributed by atoms with Crippen LogP contribution in [-0.4, -0.2) is 71.5 Å². The number of hydrogen-bond acceptors (Lipinski definition) is 6. The minimum Gasteiger partial charge on any atom is -0.484 e. The first-order chi connectivity index (χ1) is 19.5. The number of halogens is 3. The highest BCUT2D eigenvalue weighted by molar-refractivity contribution is 6.31. The average molecular weight is 623 g/mol. The molecular weight excluding hydrogens is 584 g/mol. The molecule has 11 heteroatoms. The van der Waals surface area contributed by atoms with Gasteiger partial charge in [0.25, 0.3) is 5.91 Å². The number of nitrogens with zero attached hydrogens (tertiary/aromatic N) is 2. The van der Waals surface area contributed by atoms with E-state index in [1.165, 1.54) is 38.3 Å². The van der Waals surface area contributed by atoms with Gasteiger partial charge in [0, 0.05) is 35.8 Å². The van der Waals surface area contributed by atoms with Crippen molar-refractivity contribution < 1.29 is 28.2 Å². The lowest BCUT2D eigenvalue weighted by molar-refractivity contribution is -0.0791. The molecule has 0 aliphatic carbocycles. The third kappa shape index (κ3) is 6.84. The molecule has 0 radical (unpaired) electrons. The van der Waals surface area contributed by atoms with Gasteiger partial charge in [0.15, 0.2) is 11.9 Å². The quantitative estimate of drug-likeness (QED) is 0.400. The third-order valence-electron chi connectivity index (χ3n) is 8.44. The maximum atomic E-state index is 13.8. The van der Waals surface area contributed by atoms with Crippen LogP contribution < -0.4 is 10.1 Å². The molecule has 228 valence electrons. The number of fused-ring (bicyclic) bond motifs is 1. The number of rotatable bonds is 5. The van der Waals surface area contributed by atoms with Crippen LogP contribution in [0.4, 0.5) is 9.18 Å². The summed E-state index contributed by atoms with van der Waals surface area (Å²) in [7, 11) is 0. The first-order valence-corrected chi connectivity index (χ1v) is 14.7. The van der Waals surface area contributed by atoms with E-state index in [4.69, 9.17) is 21.1 Å². The fourth-order valence-corrected chi connectivity index (χ4v) is 6.30. The Hall–Kier alpha value is -2.88. The molecule has 3 aliphatic rings. The Labute approximate surface area is 257 Å². The number of carbonyl (C=O) groups is 3. The zero-order chi connectivity index (χ0) is 29.3. The van der Waals surface area contributed by atoms with Gasteiger partial charge in [0.2, 0.25) is 0 Å². The van der Waals surface area contributed by atoms with Gasteiger partial charge in [-0.3, -0.25) is 9.59 Å². The molecule has 0 bridgehead atoms. The Morgan fingerprint density at radius 2 is 1.67 bits per heavy atom. The molecule has 2 fully saturated rings. The van der Waals surface area contributed by atoms with E-state index in [1.54, 1.807) is 36.9 Å². The molecule has 2 aromatic rings. The van der Waals surface area contributed by atoms with Crippen molar-refractivity contribution in [3.8, 4) is 5.75 Å². The van der Waals surface area contributed by atoms with E-state index in [0.717, 1.165) is 32.0 Å². The topological polar surface area (TPSA) is 88.2 Å². The van der Waals surface area contributed by atoms with Crippen molar-refractivity contribution in [3.05, 3.63) is 63.9 Å². The highest BCUT2D eigenvalue weighted by Crippen LogP contribution is 2.42. The molecule has 8 nitrogen and oxygen atoms in total. The zero-order valence-electron chi connectivity index (χ0n) is 24.2. The number of nitrogens with one attached hydrogen (secondary N) is 1. The maximum Gasteiger partial charge on any atom is 0.410 e. The molecule has 2 aromatic carbocycles. The molecule has 5 rings (SSSR count). The van der Waals surface area contributed by atoms with Gasteiger partial charge < -0.3 is 24.6 Å². The van der Waals surface area contributed by atoms with Crippen molar-refractivity contribution in [2.24, 2.45) is 0 Å². The van der Waals surface area contributed by atoms with Crippen molar-refractivity contribution in [3.63, 3.8) is 0 Å². The Kier molecular flexibility index (Phi) is 10.1. The minimum atomic E-state index is -1.02. The van der Waals surface area contributed by atoms with Crippen LogP contribution >= 0.6 is 24.0 Å². The number of likely N-dealkylation sites (tertiary alicyclic amines) is 2. The molecular formula is C31H38Cl2FN3O5. The number of piperidine rings is 2. The minimum absolute atomic E-state index is 0. The van der Waals surface area contributed by atoms with Gasteiger partial charge in [0.05, 0.1) is 11.1 Å². The lowest BCUT2D eigenvalue weighted by Gasteiger charge is -2.45. The van der Waals surface area contributed by atoms with Crippen molar-refractivity contribution in [2.75, 3.05) is 26.2 Å². The summed E-state index contributed by atoms with van der Waals surface area (Å²) in [6.45, 7) is 8.45. The van der Waals surface area contributed by atoms with E-state index >= 15 is 0 Å². The van der Waals surface area contributed by atoms with Crippen LogP contribution in [0.25, 0.3) is 0 Å². The Morgan fingerprint density at radius 3 is 2.31 bits per heavy atom. The van der Waals surface area contributed by atoms with Crippen LogP contribution in [-0.2, 0) is 4.74 Å². The number of Topliss-reactive ketones (excluding diaryl/α,β-unsaturated/α-hetero) is 1. The maximum absolute atomic E-state index is 13.8. The zero-order valence-corrected chi connectivity index (χ0v) is 25.7. The molecule has 0 spiro atoms. The van der Waals surface area contributed by atoms with Crippen molar-refractivity contribution in [1.29, 1.82) is 0 Å². The smallest absolute Gasteiger partial charge is 0.410 e. The van der Waals surface area contributed by atoms with Crippen LogP contribution in [0.2, 0.25) is 5.02 Å². The van der Waals surface area contributed by atoms with Crippen LogP contribution in [0, 0.1) is 5.82 Å². The molecule has 3 aliphatic heterocycles. The van der Waals surface area contributed by atoms with Gasteiger partial charge in [-0.25, -0.2) is 9.18 Å². The van der Waals surface area contributed by atoms with Gasteiger partial charge in [-0.1, -0.05) is 18.0 Å². The van der Waals surface area contributed by atoms with Crippen LogP contribution in [0.15, 0.2) is 36.4 Å². The standard InChI is InChI=1S/C31H37ClFN3O5.ClH/c1-19(37)20-8-10-26-23(17-20)27(34-29(38)21-7-9-25(33)24(32)18-21)28(31(2,3)41-26)40-30(39)36-15-11-22(12-16-36)35-13-5-4-6-14-35;/h7-10,17-18,22,27-28H,4-6,11-16H2,1-3H3,(H,34,38);1H/t27-,28-;/m0./s1. The number of ketones is 1. The van der Waals surface area contributed by atoms with E-state index in [1.807, 2.05) is 0 Å². The Balaban J connectivity index is 0.00000405. The first kappa shape index (κ1) is 32.0. The highest BCUT2D eigenvalue weighted by atomic mass is 35.5. The largest absolute Gasteiger partial charge is 0.484 e. The highest BCUT2D eigenvalue weighted by Gasteiger charge is 2.48. The monoisotopic (exact) mass is 621 g/mol. The van der Waals surface area contributed by atoms with Crippen LogP contribution in [0.5, 0.6) is 5.75 Å². The van der Waals surface area contributed by atoms with Crippen molar-refractivity contribution >= 4 is 41.8 Å². The number of hydrogen-bond donors (Lipinski definition) is 1. The van der Waals surface area contributed by atoms with E-state index in [0.29, 0.717) is 36.0 Å². The first-order valence-electron chi connectivity index (χ1n) is 14.3. The molecule has 2 atom stereocenters. The fraction of sp³-hybridized carbons (Fsp3) is 0.516. The Bertz CT molecular complexity index is 1330. The molecule has 3 heterocycles. The van der Waals surface area contributed by atoms with E-state index in [9.17, 15) is 18.8 Å². The summed E-state index contributed by atoms with van der Waals surface area (Å²) >= 11 is 5.94. The van der Waals surface area contributed by atoms with E-state index in [2.05, 4.69) is 10.2 Å². The number of carbonyl (C=O) groups excluding carboxylic acids is 3. The number of benzene rings is 2. The molecule has 2 amide bonds. The fourth-order valence-electron chi connectivity index (χ4n) is 6.11. The normalized spacial score (nSPS) is 22.3. The SMILES string of the molecule is CC(=O)c1ccc2c(c1)[C@H](NC(=O)c1ccc(F)c(Cl)c1)[C@H](OC(=O)N1CCC(N3CCCCC3)CC1)C(C)(C)O2.Cl. The second-order valence-corrected chi connectivity index (χ2v) is 12.1. The molecule has 0 saturated carbocycles. The van der Waals surface area contributed by atoms with E-state index < -0.39 is 35.6 Å². The van der Waals surface area contributed by atoms with Crippen LogP contribution in [0.1, 0.15) is 85.2 Å². The molecule has 1 N–H and O–H groups in total. The number of ether oxygens (including phenoxy) is 2. The van der Waals surface area contributed by atoms with Gasteiger partial charge in [-0.15, -0.1) is 12.4 Å². The summed E-state index contributed by atoms with van der Waals surface area (Å²) in [6, 6.07) is 8.33. The summed E-state index contributed by atoms with van der Waals surface area (Å²) < 4.78 is 26.2. The van der Waals surface area contributed by atoms with Crippen molar-refractivity contribution in [2.45, 2.75) is 76.7 Å². The lowest BCUT2D eigenvalue weighted by atomic mass is 9.85. The average Bonchev–Trinajstić information content (AvgIpc) is 2.96.